The van der Waals surface area contributed by atoms with Gasteiger partial charge in [0.2, 0.25) is 15.9 Å². The molecule has 1 atom stereocenters. The summed E-state index contributed by atoms with van der Waals surface area (Å²) in [7, 11) is -3.51. The summed E-state index contributed by atoms with van der Waals surface area (Å²) in [6.45, 7) is 2.51. The fourth-order valence-electron chi connectivity index (χ4n) is 2.33. The highest BCUT2D eigenvalue weighted by molar-refractivity contribution is 7.89. The zero-order chi connectivity index (χ0) is 15.6. The Kier molecular flexibility index (Phi) is 4.04. The molecule has 1 fully saturated rings. The van der Waals surface area contributed by atoms with Crippen LogP contribution in [0.3, 0.4) is 0 Å². The summed E-state index contributed by atoms with van der Waals surface area (Å²) in [6, 6.07) is 4.83. The first-order valence-electron chi connectivity index (χ1n) is 6.92. The van der Waals surface area contributed by atoms with E-state index in [1.165, 1.54) is 10.5 Å². The topological polar surface area (TPSA) is 85.3 Å². The number of aryl methyl sites for hydroxylation is 1. The molecule has 0 radical (unpaired) electrons. The molecule has 1 saturated heterocycles. The maximum absolute atomic E-state index is 12.5. The van der Waals surface area contributed by atoms with Crippen LogP contribution < -0.4 is 4.74 Å². The largest absolute Gasteiger partial charge is 0.473 e. The predicted molar refractivity (Wildman–Crippen MR) is 78.8 cm³/mol. The lowest BCUT2D eigenvalue weighted by atomic mass is 10.3. The zero-order valence-corrected chi connectivity index (χ0v) is 12.9. The monoisotopic (exact) mass is 320 g/mol. The van der Waals surface area contributed by atoms with Crippen LogP contribution in [0.4, 0.5) is 0 Å². The lowest BCUT2D eigenvalue weighted by Crippen LogP contribution is -2.31. The van der Waals surface area contributed by atoms with Gasteiger partial charge in [0.15, 0.2) is 0 Å². The fourth-order valence-corrected chi connectivity index (χ4v) is 3.78. The molecule has 1 unspecified atom stereocenters. The summed E-state index contributed by atoms with van der Waals surface area (Å²) in [5.74, 6) is 1.09. The molecule has 0 saturated carbocycles. The molecular formula is C14H16N4O3S. The van der Waals surface area contributed by atoms with Gasteiger partial charge in [-0.05, 0) is 25.5 Å². The number of sulfonamides is 1. The zero-order valence-electron chi connectivity index (χ0n) is 12.1. The summed E-state index contributed by atoms with van der Waals surface area (Å²) in [5, 5.41) is 0. The van der Waals surface area contributed by atoms with Crippen LogP contribution in [0.1, 0.15) is 12.2 Å². The summed E-state index contributed by atoms with van der Waals surface area (Å²) < 4.78 is 32.1. The minimum Gasteiger partial charge on any atom is -0.473 e. The van der Waals surface area contributed by atoms with Crippen molar-refractivity contribution in [1.29, 1.82) is 0 Å². The van der Waals surface area contributed by atoms with Crippen LogP contribution in [0.2, 0.25) is 0 Å². The molecule has 1 aliphatic rings. The van der Waals surface area contributed by atoms with E-state index in [0.717, 1.165) is 0 Å². The van der Waals surface area contributed by atoms with Crippen LogP contribution in [-0.2, 0) is 10.0 Å². The predicted octanol–water partition coefficient (Wildman–Crippen LogP) is 1.02. The van der Waals surface area contributed by atoms with E-state index in [1.54, 1.807) is 37.5 Å². The molecule has 116 valence electrons. The number of nitrogens with zero attached hydrogens (tertiary/aromatic N) is 4. The van der Waals surface area contributed by atoms with Gasteiger partial charge in [-0.2, -0.15) is 9.29 Å². The quantitative estimate of drug-likeness (QED) is 0.836. The van der Waals surface area contributed by atoms with Crippen molar-refractivity contribution in [2.75, 3.05) is 13.1 Å². The van der Waals surface area contributed by atoms with Crippen molar-refractivity contribution in [3.05, 3.63) is 42.6 Å². The molecule has 0 N–H and O–H groups in total. The van der Waals surface area contributed by atoms with Crippen molar-refractivity contribution in [2.45, 2.75) is 24.3 Å². The molecule has 3 heterocycles. The number of rotatable bonds is 4. The molecule has 7 nitrogen and oxygen atoms in total. The molecule has 22 heavy (non-hydrogen) atoms. The molecule has 0 spiro atoms. The fraction of sp³-hybridized carbons (Fsp3) is 0.357. The minimum absolute atomic E-state index is 0.202. The normalized spacial score (nSPS) is 19.2. The highest BCUT2D eigenvalue weighted by Crippen LogP contribution is 2.22. The van der Waals surface area contributed by atoms with Crippen molar-refractivity contribution >= 4 is 10.0 Å². The Labute approximate surface area is 129 Å². The van der Waals surface area contributed by atoms with Crippen LogP contribution in [-0.4, -0.2) is 46.9 Å². The van der Waals surface area contributed by atoms with Crippen LogP contribution in [0.25, 0.3) is 0 Å². The number of aromatic nitrogens is 3. The van der Waals surface area contributed by atoms with Gasteiger partial charge in [0, 0.05) is 31.2 Å². The summed E-state index contributed by atoms with van der Waals surface area (Å²) >= 11 is 0. The maximum atomic E-state index is 12.5. The third-order valence-electron chi connectivity index (χ3n) is 3.42. The Morgan fingerprint density at radius 1 is 1.32 bits per heavy atom. The Bertz CT molecular complexity index is 752. The van der Waals surface area contributed by atoms with E-state index in [0.29, 0.717) is 31.2 Å². The van der Waals surface area contributed by atoms with E-state index in [4.69, 9.17) is 4.74 Å². The lowest BCUT2D eigenvalue weighted by Gasteiger charge is -2.16. The highest BCUT2D eigenvalue weighted by Gasteiger charge is 2.33. The van der Waals surface area contributed by atoms with E-state index in [1.807, 2.05) is 0 Å². The van der Waals surface area contributed by atoms with Gasteiger partial charge >= 0.3 is 0 Å². The summed E-state index contributed by atoms with van der Waals surface area (Å²) in [5.41, 5.74) is 0. The van der Waals surface area contributed by atoms with Crippen LogP contribution >= 0.6 is 0 Å². The number of hydrogen-bond acceptors (Lipinski definition) is 6. The minimum atomic E-state index is -3.51. The number of ether oxygens (including phenoxy) is 1. The Morgan fingerprint density at radius 3 is 2.91 bits per heavy atom. The molecular weight excluding hydrogens is 304 g/mol. The van der Waals surface area contributed by atoms with Gasteiger partial charge in [0.05, 0.1) is 6.54 Å². The molecule has 3 rings (SSSR count). The molecule has 2 aromatic rings. The van der Waals surface area contributed by atoms with Crippen molar-refractivity contribution < 1.29 is 13.2 Å². The SMILES string of the molecule is Cc1nccc(OC2CCN(S(=O)(=O)c3cccnc3)C2)n1. The number of hydrogen-bond donors (Lipinski definition) is 0. The molecule has 0 amide bonds. The van der Waals surface area contributed by atoms with Crippen LogP contribution in [0.5, 0.6) is 5.88 Å². The van der Waals surface area contributed by atoms with Gasteiger partial charge in [0.1, 0.15) is 16.8 Å². The average Bonchev–Trinajstić information content (AvgIpc) is 2.97. The maximum Gasteiger partial charge on any atom is 0.244 e. The first kappa shape index (κ1) is 14.9. The van der Waals surface area contributed by atoms with Gasteiger partial charge in [-0.25, -0.2) is 13.4 Å². The van der Waals surface area contributed by atoms with E-state index >= 15 is 0 Å². The first-order valence-corrected chi connectivity index (χ1v) is 8.36. The van der Waals surface area contributed by atoms with E-state index < -0.39 is 10.0 Å². The van der Waals surface area contributed by atoms with Crippen molar-refractivity contribution in [1.82, 2.24) is 19.3 Å². The second-order valence-corrected chi connectivity index (χ2v) is 6.96. The van der Waals surface area contributed by atoms with E-state index in [9.17, 15) is 8.42 Å². The summed E-state index contributed by atoms with van der Waals surface area (Å²) in [6.07, 6.45) is 4.95. The number of pyridine rings is 1. The third kappa shape index (κ3) is 3.07. The van der Waals surface area contributed by atoms with Gasteiger partial charge in [0.25, 0.3) is 0 Å². The molecule has 1 aliphatic heterocycles. The van der Waals surface area contributed by atoms with E-state index in [-0.39, 0.29) is 11.0 Å². The van der Waals surface area contributed by atoms with Gasteiger partial charge < -0.3 is 4.74 Å². The molecule has 0 bridgehead atoms. The van der Waals surface area contributed by atoms with Crippen LogP contribution in [0.15, 0.2) is 41.7 Å². The summed E-state index contributed by atoms with van der Waals surface area (Å²) in [4.78, 5) is 12.2. The first-order chi connectivity index (χ1) is 10.6. The molecule has 0 aliphatic carbocycles. The smallest absolute Gasteiger partial charge is 0.244 e. The Morgan fingerprint density at radius 2 is 2.18 bits per heavy atom. The van der Waals surface area contributed by atoms with Crippen molar-refractivity contribution in [3.8, 4) is 5.88 Å². The molecule has 0 aromatic carbocycles. The Hall–Kier alpha value is -2.06. The average molecular weight is 320 g/mol. The van der Waals surface area contributed by atoms with Gasteiger partial charge in [-0.15, -0.1) is 0 Å². The second kappa shape index (κ2) is 5.98. The lowest BCUT2D eigenvalue weighted by molar-refractivity contribution is 0.206. The van der Waals surface area contributed by atoms with Gasteiger partial charge in [-0.3, -0.25) is 4.98 Å². The van der Waals surface area contributed by atoms with Gasteiger partial charge in [-0.1, -0.05) is 0 Å². The van der Waals surface area contributed by atoms with Crippen LogP contribution in [0, 0.1) is 6.92 Å². The molecule has 2 aromatic heterocycles. The highest BCUT2D eigenvalue weighted by atomic mass is 32.2. The second-order valence-electron chi connectivity index (χ2n) is 5.02. The van der Waals surface area contributed by atoms with E-state index in [2.05, 4.69) is 15.0 Å². The van der Waals surface area contributed by atoms with Crippen molar-refractivity contribution in [2.24, 2.45) is 0 Å². The molecule has 8 heteroatoms. The standard InChI is InChI=1S/C14H16N4O3S/c1-11-16-7-4-14(17-11)21-12-5-8-18(10-12)22(19,20)13-3-2-6-15-9-13/h2-4,6-7,9,12H,5,8,10H2,1H3. The Balaban J connectivity index is 1.70. The van der Waals surface area contributed by atoms with Crippen molar-refractivity contribution in [3.63, 3.8) is 0 Å². The third-order valence-corrected chi connectivity index (χ3v) is 5.27.